The first-order valence-corrected chi connectivity index (χ1v) is 10.4. The lowest BCUT2D eigenvalue weighted by Gasteiger charge is -2.12. The van der Waals surface area contributed by atoms with E-state index in [2.05, 4.69) is 10.0 Å². The Labute approximate surface area is 164 Å². The first-order chi connectivity index (χ1) is 12.7. The maximum absolute atomic E-state index is 12.5. The van der Waals surface area contributed by atoms with Crippen molar-refractivity contribution in [3.05, 3.63) is 53.1 Å². The molecule has 0 spiro atoms. The van der Waals surface area contributed by atoms with Crippen molar-refractivity contribution >= 4 is 33.2 Å². The molecular formula is C19H23ClN2O4S. The number of halogens is 1. The molecule has 0 heterocycles. The number of hydrogen-bond donors (Lipinski definition) is 2. The number of amides is 1. The van der Waals surface area contributed by atoms with Crippen LogP contribution in [0.5, 0.6) is 5.75 Å². The highest BCUT2D eigenvalue weighted by Crippen LogP contribution is 2.23. The fraction of sp³-hybridized carbons (Fsp3) is 0.316. The van der Waals surface area contributed by atoms with E-state index in [0.29, 0.717) is 16.5 Å². The van der Waals surface area contributed by atoms with Crippen LogP contribution in [0.1, 0.15) is 25.8 Å². The second-order valence-corrected chi connectivity index (χ2v) is 8.30. The van der Waals surface area contributed by atoms with E-state index >= 15 is 0 Å². The van der Waals surface area contributed by atoms with Crippen molar-refractivity contribution in [1.29, 1.82) is 0 Å². The largest absolute Gasteiger partial charge is 0.484 e. The van der Waals surface area contributed by atoms with Crippen molar-refractivity contribution < 1.29 is 17.9 Å². The molecule has 0 fully saturated rings. The van der Waals surface area contributed by atoms with E-state index in [1.54, 1.807) is 18.2 Å². The Morgan fingerprint density at radius 3 is 2.44 bits per heavy atom. The zero-order chi connectivity index (χ0) is 20.0. The highest BCUT2D eigenvalue weighted by atomic mass is 35.5. The average molecular weight is 411 g/mol. The van der Waals surface area contributed by atoms with Gasteiger partial charge in [-0.3, -0.25) is 9.52 Å². The van der Waals surface area contributed by atoms with Crippen LogP contribution in [0.25, 0.3) is 0 Å². The summed E-state index contributed by atoms with van der Waals surface area (Å²) in [4.78, 5) is 11.8. The van der Waals surface area contributed by atoms with E-state index in [0.717, 1.165) is 12.0 Å². The molecule has 1 atom stereocenters. The standard InChI is InChI=1S/C19H23ClN2O4S/c1-4-14(3)21-19(23)12-26-16-7-9-17(10-8-16)27(24,25)22-15-6-5-13(2)18(20)11-15/h5-11,14,22H,4,12H2,1-3H3,(H,21,23)/t14-/m0/s1. The minimum Gasteiger partial charge on any atom is -0.484 e. The van der Waals surface area contributed by atoms with Crippen LogP contribution in [-0.2, 0) is 14.8 Å². The SMILES string of the molecule is CC[C@H](C)NC(=O)COc1ccc(S(=O)(=O)Nc2ccc(C)c(Cl)c2)cc1. The number of nitrogens with one attached hydrogen (secondary N) is 2. The number of benzene rings is 2. The lowest BCUT2D eigenvalue weighted by atomic mass is 10.2. The normalized spacial score (nSPS) is 12.3. The molecule has 8 heteroatoms. The first kappa shape index (κ1) is 21.1. The second kappa shape index (κ2) is 9.10. The van der Waals surface area contributed by atoms with Crippen molar-refractivity contribution in [2.75, 3.05) is 11.3 Å². The Bertz CT molecular complexity index is 898. The second-order valence-electron chi connectivity index (χ2n) is 6.21. The van der Waals surface area contributed by atoms with Crippen LogP contribution in [0.3, 0.4) is 0 Å². The molecule has 0 radical (unpaired) electrons. The molecule has 2 N–H and O–H groups in total. The Morgan fingerprint density at radius 2 is 1.85 bits per heavy atom. The number of ether oxygens (including phenoxy) is 1. The van der Waals surface area contributed by atoms with Gasteiger partial charge in [-0.2, -0.15) is 0 Å². The maximum atomic E-state index is 12.5. The van der Waals surface area contributed by atoms with Gasteiger partial charge in [0.05, 0.1) is 10.6 Å². The average Bonchev–Trinajstić information content (AvgIpc) is 2.63. The van der Waals surface area contributed by atoms with Crippen LogP contribution in [0.15, 0.2) is 47.4 Å². The third kappa shape index (κ3) is 6.15. The van der Waals surface area contributed by atoms with Gasteiger partial charge in [0.2, 0.25) is 0 Å². The highest BCUT2D eigenvalue weighted by molar-refractivity contribution is 7.92. The maximum Gasteiger partial charge on any atom is 0.261 e. The Hall–Kier alpha value is -2.25. The van der Waals surface area contributed by atoms with Crippen molar-refractivity contribution in [3.63, 3.8) is 0 Å². The van der Waals surface area contributed by atoms with E-state index in [4.69, 9.17) is 16.3 Å². The molecule has 0 saturated carbocycles. The summed E-state index contributed by atoms with van der Waals surface area (Å²) in [5.74, 6) is 0.186. The van der Waals surface area contributed by atoms with Crippen molar-refractivity contribution in [1.82, 2.24) is 5.32 Å². The first-order valence-electron chi connectivity index (χ1n) is 8.52. The van der Waals surface area contributed by atoms with Gasteiger partial charge >= 0.3 is 0 Å². The monoisotopic (exact) mass is 410 g/mol. The minimum atomic E-state index is -3.75. The van der Waals surface area contributed by atoms with Gasteiger partial charge in [0, 0.05) is 11.1 Å². The molecule has 2 rings (SSSR count). The molecule has 0 aliphatic rings. The molecule has 0 aromatic heterocycles. The Balaban J connectivity index is 2.00. The number of carbonyl (C=O) groups is 1. The fourth-order valence-electron chi connectivity index (χ4n) is 2.15. The summed E-state index contributed by atoms with van der Waals surface area (Å²) >= 11 is 6.03. The lowest BCUT2D eigenvalue weighted by molar-refractivity contribution is -0.123. The van der Waals surface area contributed by atoms with E-state index in [1.807, 2.05) is 20.8 Å². The van der Waals surface area contributed by atoms with E-state index < -0.39 is 10.0 Å². The van der Waals surface area contributed by atoms with Gasteiger partial charge in [-0.15, -0.1) is 0 Å². The van der Waals surface area contributed by atoms with Crippen LogP contribution in [-0.4, -0.2) is 27.0 Å². The van der Waals surface area contributed by atoms with Gasteiger partial charge in [-0.05, 0) is 62.2 Å². The molecule has 0 aliphatic heterocycles. The molecule has 0 unspecified atom stereocenters. The molecule has 6 nitrogen and oxygen atoms in total. The van der Waals surface area contributed by atoms with Gasteiger partial charge < -0.3 is 10.1 Å². The zero-order valence-corrected chi connectivity index (χ0v) is 17.0. The molecule has 2 aromatic carbocycles. The van der Waals surface area contributed by atoms with Gasteiger partial charge in [-0.1, -0.05) is 24.6 Å². The summed E-state index contributed by atoms with van der Waals surface area (Å²) in [7, 11) is -3.75. The highest BCUT2D eigenvalue weighted by Gasteiger charge is 2.15. The van der Waals surface area contributed by atoms with Crippen LogP contribution in [0.2, 0.25) is 5.02 Å². The summed E-state index contributed by atoms with van der Waals surface area (Å²) in [6.07, 6.45) is 0.831. The molecule has 27 heavy (non-hydrogen) atoms. The minimum absolute atomic E-state index is 0.0787. The number of hydrogen-bond acceptors (Lipinski definition) is 4. The smallest absolute Gasteiger partial charge is 0.261 e. The number of rotatable bonds is 8. The van der Waals surface area contributed by atoms with Crippen molar-refractivity contribution in [2.24, 2.45) is 0 Å². The van der Waals surface area contributed by atoms with E-state index in [9.17, 15) is 13.2 Å². The molecule has 1 amide bonds. The predicted octanol–water partition coefficient (Wildman–Crippen LogP) is 3.74. The molecule has 0 saturated heterocycles. The van der Waals surface area contributed by atoms with Gasteiger partial charge in [0.25, 0.3) is 15.9 Å². The molecule has 2 aromatic rings. The Morgan fingerprint density at radius 1 is 1.19 bits per heavy atom. The number of anilines is 1. The predicted molar refractivity (Wildman–Crippen MR) is 107 cm³/mol. The van der Waals surface area contributed by atoms with Gasteiger partial charge in [-0.25, -0.2) is 8.42 Å². The molecular weight excluding hydrogens is 388 g/mol. The van der Waals surface area contributed by atoms with Crippen LogP contribution < -0.4 is 14.8 Å². The number of aryl methyl sites for hydroxylation is 1. The summed E-state index contributed by atoms with van der Waals surface area (Å²) in [6, 6.07) is 10.9. The summed E-state index contributed by atoms with van der Waals surface area (Å²) in [5, 5.41) is 3.27. The Kier molecular flexibility index (Phi) is 7.10. The summed E-state index contributed by atoms with van der Waals surface area (Å²) in [6.45, 7) is 5.59. The summed E-state index contributed by atoms with van der Waals surface area (Å²) in [5.41, 5.74) is 1.24. The fourth-order valence-corrected chi connectivity index (χ4v) is 3.38. The van der Waals surface area contributed by atoms with E-state index in [1.165, 1.54) is 24.3 Å². The van der Waals surface area contributed by atoms with Gasteiger partial charge in [0.15, 0.2) is 6.61 Å². The molecule has 146 valence electrons. The van der Waals surface area contributed by atoms with Gasteiger partial charge in [0.1, 0.15) is 5.75 Å². The quantitative estimate of drug-likeness (QED) is 0.694. The van der Waals surface area contributed by atoms with Crippen molar-refractivity contribution in [3.8, 4) is 5.75 Å². The van der Waals surface area contributed by atoms with Crippen LogP contribution >= 0.6 is 11.6 Å². The topological polar surface area (TPSA) is 84.5 Å². The zero-order valence-electron chi connectivity index (χ0n) is 15.5. The summed E-state index contributed by atoms with van der Waals surface area (Å²) < 4.78 is 32.8. The molecule has 0 bridgehead atoms. The third-order valence-corrected chi connectivity index (χ3v) is 5.75. The lowest BCUT2D eigenvalue weighted by Crippen LogP contribution is -2.35. The van der Waals surface area contributed by atoms with Crippen LogP contribution in [0, 0.1) is 6.92 Å². The van der Waals surface area contributed by atoms with E-state index in [-0.39, 0.29) is 23.5 Å². The number of carbonyl (C=O) groups excluding carboxylic acids is 1. The third-order valence-electron chi connectivity index (χ3n) is 3.95. The van der Waals surface area contributed by atoms with Crippen molar-refractivity contribution in [2.45, 2.75) is 38.1 Å². The molecule has 0 aliphatic carbocycles. The number of sulfonamides is 1. The van der Waals surface area contributed by atoms with Crippen LogP contribution in [0.4, 0.5) is 5.69 Å².